The first-order valence-corrected chi connectivity index (χ1v) is 4.94. The summed E-state index contributed by atoms with van der Waals surface area (Å²) in [5, 5.41) is 2.03. The van der Waals surface area contributed by atoms with Gasteiger partial charge in [0.15, 0.2) is 0 Å². The lowest BCUT2D eigenvalue weighted by atomic mass is 10.3. The molecule has 0 atom stereocenters. The lowest BCUT2D eigenvalue weighted by molar-refractivity contribution is 1.10. The van der Waals surface area contributed by atoms with Gasteiger partial charge >= 0.3 is 0 Å². The van der Waals surface area contributed by atoms with Gasteiger partial charge in [-0.3, -0.25) is 0 Å². The molecule has 0 fully saturated rings. The molecule has 0 saturated carbocycles. The maximum Gasteiger partial charge on any atom is 0.116 e. The highest BCUT2D eigenvalue weighted by Gasteiger charge is 1.80. The molecule has 0 bridgehead atoms. The molecule has 0 unspecified atom stereocenters. The lowest BCUT2D eigenvalue weighted by Crippen LogP contribution is -2.27. The van der Waals surface area contributed by atoms with Crippen LogP contribution >= 0.6 is 0 Å². The summed E-state index contributed by atoms with van der Waals surface area (Å²) in [6, 6.07) is 0. The van der Waals surface area contributed by atoms with Crippen LogP contribution in [0.2, 0.25) is 0 Å². The summed E-state index contributed by atoms with van der Waals surface area (Å²) in [6.07, 6.45) is 11.3. The second kappa shape index (κ2) is 8.17. The second-order valence-corrected chi connectivity index (χ2v) is 2.34. The van der Waals surface area contributed by atoms with Crippen molar-refractivity contribution in [2.75, 3.05) is 0 Å². The highest BCUT2D eigenvalue weighted by atomic mass is 14.8. The molecule has 2 nitrogen and oxygen atoms in total. The van der Waals surface area contributed by atoms with Gasteiger partial charge in [0.2, 0.25) is 0 Å². The Labute approximate surface area is 85.7 Å². The van der Waals surface area contributed by atoms with E-state index < -0.39 is 0 Å². The van der Waals surface area contributed by atoms with E-state index in [-0.39, 0.29) is 0 Å². The van der Waals surface area contributed by atoms with Crippen LogP contribution in [0.1, 0.15) is 27.7 Å². The van der Waals surface area contributed by atoms with Crippen LogP contribution in [0.25, 0.3) is 12.2 Å². The summed E-state index contributed by atoms with van der Waals surface area (Å²) in [5.41, 5.74) is 0. The molecule has 0 spiro atoms. The summed E-state index contributed by atoms with van der Waals surface area (Å²) < 4.78 is 0. The fourth-order valence-corrected chi connectivity index (χ4v) is 0.899. The minimum absolute atomic E-state index is 0.964. The smallest absolute Gasteiger partial charge is 0.116 e. The fraction of sp³-hybridized carbons (Fsp3) is 0.333. The minimum Gasteiger partial charge on any atom is -0.244 e. The van der Waals surface area contributed by atoms with Crippen LogP contribution < -0.4 is 10.6 Å². The van der Waals surface area contributed by atoms with Crippen LogP contribution in [0.3, 0.4) is 0 Å². The van der Waals surface area contributed by atoms with Crippen molar-refractivity contribution in [3.63, 3.8) is 0 Å². The number of allylic oxidation sites excluding steroid dienone is 2. The molecule has 0 aromatic carbocycles. The average Bonchev–Trinajstić information content (AvgIpc) is 2.29. The predicted molar refractivity (Wildman–Crippen MR) is 62.0 cm³/mol. The molecule has 2 heteroatoms. The van der Waals surface area contributed by atoms with E-state index in [4.69, 9.17) is 0 Å². The van der Waals surface area contributed by atoms with E-state index >= 15 is 0 Å². The Morgan fingerprint density at radius 3 is 2.50 bits per heavy atom. The standard InChI is InChI=1S/C10H12N2.C2H6/c1-3-5-6-10-9(4-2)7-11-8-12-10;1-2/h3-8H,1-2H3;1-2H3/b5-3-,9-4-,10-6+;. The van der Waals surface area contributed by atoms with Crippen LogP contribution in [0, 0.1) is 0 Å². The zero-order chi connectivity index (χ0) is 10.8. The second-order valence-electron chi connectivity index (χ2n) is 2.34. The van der Waals surface area contributed by atoms with Crippen molar-refractivity contribution in [2.45, 2.75) is 27.7 Å². The zero-order valence-corrected chi connectivity index (χ0v) is 9.36. The lowest BCUT2D eigenvalue weighted by Gasteiger charge is -1.85. The highest BCUT2D eigenvalue weighted by molar-refractivity contribution is 5.35. The molecular weight excluding hydrogens is 172 g/mol. The van der Waals surface area contributed by atoms with Crippen LogP contribution in [0.5, 0.6) is 0 Å². The van der Waals surface area contributed by atoms with E-state index in [1.165, 1.54) is 0 Å². The predicted octanol–water partition coefficient (Wildman–Crippen LogP) is 1.66. The van der Waals surface area contributed by atoms with Gasteiger partial charge in [-0.2, -0.15) is 0 Å². The van der Waals surface area contributed by atoms with Crippen molar-refractivity contribution < 1.29 is 0 Å². The maximum absolute atomic E-state index is 4.14. The summed E-state index contributed by atoms with van der Waals surface area (Å²) in [4.78, 5) is 8.08. The Kier molecular flexibility index (Phi) is 7.33. The normalized spacial score (nSPS) is 12.9. The molecule has 0 aliphatic carbocycles. The molecule has 14 heavy (non-hydrogen) atoms. The molecule has 0 radical (unpaired) electrons. The van der Waals surface area contributed by atoms with Gasteiger partial charge in [0.25, 0.3) is 0 Å². The topological polar surface area (TPSA) is 25.8 Å². The molecule has 1 aromatic heterocycles. The monoisotopic (exact) mass is 190 g/mol. The van der Waals surface area contributed by atoms with Gasteiger partial charge in [-0.1, -0.05) is 32.1 Å². The first-order valence-electron chi connectivity index (χ1n) is 4.94. The Balaban J connectivity index is 0.000000791. The molecule has 1 rings (SSSR count). The van der Waals surface area contributed by atoms with Gasteiger partial charge in [-0.25, -0.2) is 9.97 Å². The van der Waals surface area contributed by atoms with Crippen molar-refractivity contribution in [1.82, 2.24) is 9.97 Å². The number of hydrogen-bond acceptors (Lipinski definition) is 2. The van der Waals surface area contributed by atoms with Gasteiger partial charge in [0.05, 0.1) is 5.35 Å². The van der Waals surface area contributed by atoms with E-state index in [9.17, 15) is 0 Å². The average molecular weight is 190 g/mol. The first-order chi connectivity index (χ1) is 6.88. The van der Waals surface area contributed by atoms with Crippen LogP contribution in [0.15, 0.2) is 24.7 Å². The Bertz CT molecular complexity index is 378. The molecule has 76 valence electrons. The summed E-state index contributed by atoms with van der Waals surface area (Å²) in [6.45, 7) is 7.96. The van der Waals surface area contributed by atoms with Crippen LogP contribution in [0.4, 0.5) is 0 Å². The zero-order valence-electron chi connectivity index (χ0n) is 9.36. The summed E-state index contributed by atoms with van der Waals surface area (Å²) >= 11 is 0. The van der Waals surface area contributed by atoms with Gasteiger partial charge < -0.3 is 0 Å². The number of hydrogen-bond donors (Lipinski definition) is 0. The van der Waals surface area contributed by atoms with E-state index in [0.717, 1.165) is 10.6 Å². The quantitative estimate of drug-likeness (QED) is 0.673. The maximum atomic E-state index is 4.14. The summed E-state index contributed by atoms with van der Waals surface area (Å²) in [7, 11) is 0. The van der Waals surface area contributed by atoms with Gasteiger partial charge in [-0.05, 0) is 19.9 Å². The third-order valence-corrected chi connectivity index (χ3v) is 1.53. The van der Waals surface area contributed by atoms with Crippen molar-refractivity contribution >= 4 is 12.2 Å². The Morgan fingerprint density at radius 1 is 1.21 bits per heavy atom. The summed E-state index contributed by atoms with van der Waals surface area (Å²) in [5.74, 6) is 0. The van der Waals surface area contributed by atoms with Crippen molar-refractivity contribution in [2.24, 2.45) is 0 Å². The molecular formula is C12H18N2. The van der Waals surface area contributed by atoms with Gasteiger partial charge in [0, 0.05) is 11.4 Å². The molecule has 0 saturated heterocycles. The third-order valence-electron chi connectivity index (χ3n) is 1.53. The highest BCUT2D eigenvalue weighted by Crippen LogP contribution is 1.69. The van der Waals surface area contributed by atoms with Crippen LogP contribution in [-0.2, 0) is 0 Å². The molecule has 0 aliphatic heterocycles. The minimum atomic E-state index is 0.964. The molecule has 0 N–H and O–H groups in total. The van der Waals surface area contributed by atoms with Gasteiger partial charge in [0.1, 0.15) is 6.33 Å². The SMILES string of the molecule is CC.C\C=C/C=c1/ncnc/c1=C/C. The number of aromatic nitrogens is 2. The Hall–Kier alpha value is -1.44. The largest absolute Gasteiger partial charge is 0.244 e. The van der Waals surface area contributed by atoms with Crippen LogP contribution in [-0.4, -0.2) is 9.97 Å². The van der Waals surface area contributed by atoms with E-state index in [1.807, 2.05) is 58.2 Å². The van der Waals surface area contributed by atoms with Gasteiger partial charge in [-0.15, -0.1) is 0 Å². The van der Waals surface area contributed by atoms with E-state index in [2.05, 4.69) is 9.97 Å². The Morgan fingerprint density at radius 2 is 1.93 bits per heavy atom. The molecule has 1 heterocycles. The van der Waals surface area contributed by atoms with E-state index in [1.54, 1.807) is 6.33 Å². The molecule has 1 aromatic rings. The first kappa shape index (κ1) is 12.6. The fourth-order valence-electron chi connectivity index (χ4n) is 0.899. The number of nitrogens with zero attached hydrogens (tertiary/aromatic N) is 2. The molecule has 0 amide bonds. The molecule has 0 aliphatic rings. The number of rotatable bonds is 1. The van der Waals surface area contributed by atoms with Crippen molar-refractivity contribution in [3.8, 4) is 0 Å². The van der Waals surface area contributed by atoms with E-state index in [0.29, 0.717) is 0 Å². The third kappa shape index (κ3) is 3.99. The van der Waals surface area contributed by atoms with Crippen molar-refractivity contribution in [3.05, 3.63) is 35.2 Å². The van der Waals surface area contributed by atoms with Crippen molar-refractivity contribution in [1.29, 1.82) is 0 Å².